The van der Waals surface area contributed by atoms with Crippen LogP contribution in [0.4, 0.5) is 11.4 Å². The summed E-state index contributed by atoms with van der Waals surface area (Å²) < 4.78 is 2.00. The number of nitrogens with zero attached hydrogens (tertiary/aromatic N) is 6. The Morgan fingerprint density at radius 1 is 0.897 bits per heavy atom. The lowest BCUT2D eigenvalue weighted by Crippen LogP contribution is -2.51. The molecule has 3 aromatic heterocycles. The predicted octanol–water partition coefficient (Wildman–Crippen LogP) is 4.59. The Bertz CT molecular complexity index is 1440. The van der Waals surface area contributed by atoms with E-state index in [4.69, 9.17) is 0 Å². The lowest BCUT2D eigenvalue weighted by molar-refractivity contribution is -0.134. The van der Waals surface area contributed by atoms with Gasteiger partial charge in [0.25, 0.3) is 0 Å². The van der Waals surface area contributed by atoms with Gasteiger partial charge in [0.1, 0.15) is 0 Å². The predicted molar refractivity (Wildman–Crippen MR) is 159 cm³/mol. The fraction of sp³-hybridized carbons (Fsp3) is 0.419. The van der Waals surface area contributed by atoms with Crippen LogP contribution in [-0.4, -0.2) is 84.2 Å². The van der Waals surface area contributed by atoms with E-state index in [2.05, 4.69) is 91.7 Å². The number of rotatable bonds is 6. The maximum absolute atomic E-state index is 13.4. The van der Waals surface area contributed by atoms with Gasteiger partial charge in [-0.1, -0.05) is 25.1 Å². The maximum atomic E-state index is 13.4. The van der Waals surface area contributed by atoms with Crippen LogP contribution in [0.3, 0.4) is 0 Å². The molecule has 0 N–H and O–H groups in total. The average Bonchev–Trinajstić information content (AvgIpc) is 3.39. The van der Waals surface area contributed by atoms with E-state index in [-0.39, 0.29) is 5.41 Å². The van der Waals surface area contributed by atoms with Gasteiger partial charge in [0.2, 0.25) is 5.91 Å². The molecule has 3 fully saturated rings. The summed E-state index contributed by atoms with van der Waals surface area (Å²) in [7, 11) is 0. The second-order valence-electron chi connectivity index (χ2n) is 11.1. The summed E-state index contributed by atoms with van der Waals surface area (Å²) in [5, 5.41) is 6.70. The van der Waals surface area contributed by atoms with Gasteiger partial charge in [0.15, 0.2) is 0 Å². The van der Waals surface area contributed by atoms with Crippen molar-refractivity contribution in [2.75, 3.05) is 68.7 Å². The highest BCUT2D eigenvalue weighted by atomic mass is 32.1. The van der Waals surface area contributed by atoms with Crippen molar-refractivity contribution in [1.82, 2.24) is 19.4 Å². The first-order chi connectivity index (χ1) is 19.1. The van der Waals surface area contributed by atoms with Gasteiger partial charge in [0.05, 0.1) is 16.6 Å². The first-order valence-corrected chi connectivity index (χ1v) is 15.2. The summed E-state index contributed by atoms with van der Waals surface area (Å²) in [5.41, 5.74) is 5.75. The standard InChI is InChI=1S/C31H36N6OS/c1-2-33-13-15-34(16-14-33)26-7-5-24(6-8-26)25-22-28-27(9-12-32-37(28)23-25)35-17-19-36(20-18-35)30(38)31(10-11-31)29-4-3-21-39-29/h3-9,12,21-23H,2,10-11,13-20H2,1H3. The van der Waals surface area contributed by atoms with Crippen molar-refractivity contribution in [3.05, 3.63) is 71.2 Å². The van der Waals surface area contributed by atoms with Crippen LogP contribution in [0, 0.1) is 0 Å². The Morgan fingerprint density at radius 2 is 1.64 bits per heavy atom. The first-order valence-electron chi connectivity index (χ1n) is 14.3. The normalized spacial score (nSPS) is 19.6. The van der Waals surface area contributed by atoms with Crippen molar-refractivity contribution in [3.63, 3.8) is 0 Å². The molecule has 1 aliphatic carbocycles. The summed E-state index contributed by atoms with van der Waals surface area (Å²) >= 11 is 1.72. The molecule has 7 rings (SSSR count). The Morgan fingerprint density at radius 3 is 2.31 bits per heavy atom. The van der Waals surface area contributed by atoms with E-state index in [0.29, 0.717) is 5.91 Å². The number of carbonyl (C=O) groups is 1. The molecule has 0 spiro atoms. The van der Waals surface area contributed by atoms with E-state index < -0.39 is 0 Å². The number of fused-ring (bicyclic) bond motifs is 1. The summed E-state index contributed by atoms with van der Waals surface area (Å²) in [6, 6.07) is 17.6. The number of carbonyl (C=O) groups excluding carboxylic acids is 1. The highest BCUT2D eigenvalue weighted by molar-refractivity contribution is 7.10. The highest BCUT2D eigenvalue weighted by Gasteiger charge is 2.54. The second-order valence-corrected chi connectivity index (χ2v) is 12.0. The third-order valence-electron chi connectivity index (χ3n) is 8.93. The molecule has 4 aromatic rings. The Balaban J connectivity index is 1.05. The number of piperazine rings is 2. The van der Waals surface area contributed by atoms with E-state index in [0.717, 1.165) is 77.3 Å². The number of amides is 1. The molecule has 7 nitrogen and oxygen atoms in total. The lowest BCUT2D eigenvalue weighted by Gasteiger charge is -2.37. The second kappa shape index (κ2) is 9.99. The molecule has 2 saturated heterocycles. The van der Waals surface area contributed by atoms with Crippen LogP contribution in [0.2, 0.25) is 0 Å². The lowest BCUT2D eigenvalue weighted by atomic mass is 10.0. The van der Waals surface area contributed by atoms with Crippen molar-refractivity contribution < 1.29 is 4.79 Å². The molecule has 0 atom stereocenters. The fourth-order valence-electron chi connectivity index (χ4n) is 6.31. The Kier molecular flexibility index (Phi) is 6.32. The summed E-state index contributed by atoms with van der Waals surface area (Å²) in [6.07, 6.45) is 5.99. The molecule has 1 aromatic carbocycles. The van der Waals surface area contributed by atoms with Crippen molar-refractivity contribution in [3.8, 4) is 11.1 Å². The number of hydrogen-bond acceptors (Lipinski definition) is 6. The van der Waals surface area contributed by atoms with Gasteiger partial charge in [-0.2, -0.15) is 5.10 Å². The minimum absolute atomic E-state index is 0.240. The molecule has 39 heavy (non-hydrogen) atoms. The fourth-order valence-corrected chi connectivity index (χ4v) is 7.28. The number of anilines is 2. The molecule has 1 saturated carbocycles. The molecule has 5 heterocycles. The smallest absolute Gasteiger partial charge is 0.234 e. The molecule has 3 aliphatic rings. The first kappa shape index (κ1) is 24.7. The molecular weight excluding hydrogens is 504 g/mol. The number of aromatic nitrogens is 2. The van der Waals surface area contributed by atoms with E-state index in [9.17, 15) is 4.79 Å². The van der Waals surface area contributed by atoms with Crippen LogP contribution < -0.4 is 9.80 Å². The van der Waals surface area contributed by atoms with Crippen LogP contribution in [0.25, 0.3) is 16.6 Å². The Labute approximate surface area is 234 Å². The molecule has 2 aliphatic heterocycles. The average molecular weight is 541 g/mol. The summed E-state index contributed by atoms with van der Waals surface area (Å²) in [4.78, 5) is 24.2. The highest BCUT2D eigenvalue weighted by Crippen LogP contribution is 2.51. The molecule has 0 radical (unpaired) electrons. The Hall–Kier alpha value is -3.36. The van der Waals surface area contributed by atoms with Crippen LogP contribution in [0.15, 0.2) is 66.3 Å². The van der Waals surface area contributed by atoms with Crippen LogP contribution >= 0.6 is 11.3 Å². The maximum Gasteiger partial charge on any atom is 0.234 e. The quantitative estimate of drug-likeness (QED) is 0.358. The summed E-state index contributed by atoms with van der Waals surface area (Å²) in [6.45, 7) is 11.0. The minimum Gasteiger partial charge on any atom is -0.369 e. The monoisotopic (exact) mass is 540 g/mol. The zero-order valence-electron chi connectivity index (χ0n) is 22.6. The molecular formula is C31H36N6OS. The molecule has 1 amide bonds. The van der Waals surface area contributed by atoms with Gasteiger partial charge < -0.3 is 19.6 Å². The van der Waals surface area contributed by atoms with E-state index in [1.807, 2.05) is 10.7 Å². The van der Waals surface area contributed by atoms with Crippen molar-refractivity contribution >= 4 is 34.1 Å². The molecule has 8 heteroatoms. The van der Waals surface area contributed by atoms with Gasteiger partial charge >= 0.3 is 0 Å². The van der Waals surface area contributed by atoms with E-state index in [1.54, 1.807) is 11.3 Å². The topological polar surface area (TPSA) is 47.3 Å². The van der Waals surface area contributed by atoms with Gasteiger partial charge in [-0.25, -0.2) is 4.52 Å². The van der Waals surface area contributed by atoms with Gasteiger partial charge in [0, 0.05) is 80.9 Å². The van der Waals surface area contributed by atoms with Gasteiger partial charge in [-0.3, -0.25) is 4.79 Å². The molecule has 0 unspecified atom stereocenters. The van der Waals surface area contributed by atoms with E-state index in [1.165, 1.54) is 27.4 Å². The number of hydrogen-bond donors (Lipinski definition) is 0. The third-order valence-corrected chi connectivity index (χ3v) is 10.0. The zero-order valence-corrected chi connectivity index (χ0v) is 23.4. The van der Waals surface area contributed by atoms with Crippen LogP contribution in [0.1, 0.15) is 24.6 Å². The van der Waals surface area contributed by atoms with Crippen molar-refractivity contribution in [2.45, 2.75) is 25.2 Å². The molecule has 0 bridgehead atoms. The van der Waals surface area contributed by atoms with Gasteiger partial charge in [-0.05, 0) is 60.7 Å². The van der Waals surface area contributed by atoms with Gasteiger partial charge in [-0.15, -0.1) is 11.3 Å². The number of thiophene rings is 1. The third kappa shape index (κ3) is 4.49. The summed E-state index contributed by atoms with van der Waals surface area (Å²) in [5.74, 6) is 0.324. The largest absolute Gasteiger partial charge is 0.369 e. The zero-order chi connectivity index (χ0) is 26.4. The van der Waals surface area contributed by atoms with Crippen LogP contribution in [-0.2, 0) is 10.2 Å². The minimum atomic E-state index is -0.240. The number of benzene rings is 1. The van der Waals surface area contributed by atoms with Crippen molar-refractivity contribution in [1.29, 1.82) is 0 Å². The SMILES string of the molecule is CCN1CCN(c2ccc(-c3cc4c(N5CCN(C(=O)C6(c7cccs7)CC6)CC5)ccnn4c3)cc2)CC1. The van der Waals surface area contributed by atoms with Crippen LogP contribution in [0.5, 0.6) is 0 Å². The molecule has 202 valence electrons. The van der Waals surface area contributed by atoms with Crippen molar-refractivity contribution in [2.24, 2.45) is 0 Å². The number of likely N-dealkylation sites (N-methyl/N-ethyl adjacent to an activating group) is 1. The van der Waals surface area contributed by atoms with E-state index >= 15 is 0 Å².